The van der Waals surface area contributed by atoms with E-state index in [1.54, 1.807) is 14.2 Å². The van der Waals surface area contributed by atoms with Crippen LogP contribution in [-0.2, 0) is 5.41 Å². The average Bonchev–Trinajstić information content (AvgIpc) is 2.27. The largest absolute Gasteiger partial charge is 0.493 e. The molecule has 3 nitrogen and oxygen atoms in total. The van der Waals surface area contributed by atoms with Crippen LogP contribution in [-0.4, -0.2) is 25.9 Å². The third-order valence-electron chi connectivity index (χ3n) is 2.93. The van der Waals surface area contributed by atoms with E-state index in [0.29, 0.717) is 11.5 Å². The summed E-state index contributed by atoms with van der Waals surface area (Å²) in [6.45, 7) is 6.03. The maximum Gasteiger partial charge on any atom is 0.163 e. The van der Waals surface area contributed by atoms with Gasteiger partial charge in [0, 0.05) is 9.89 Å². The van der Waals surface area contributed by atoms with E-state index in [4.69, 9.17) is 9.47 Å². The van der Waals surface area contributed by atoms with Gasteiger partial charge in [-0.15, -0.1) is 0 Å². The SMILES string of the molecule is COc1cc(Br)c(C(C)(C)CO)c(C)c1OC. The predicted octanol–water partition coefficient (Wildman–Crippen LogP) is 3.04. The quantitative estimate of drug-likeness (QED) is 0.929. The van der Waals surface area contributed by atoms with Gasteiger partial charge < -0.3 is 14.6 Å². The molecular formula is C13H19BrO3. The molecule has 1 rings (SSSR count). The van der Waals surface area contributed by atoms with Crippen LogP contribution in [0.1, 0.15) is 25.0 Å². The Morgan fingerprint density at radius 3 is 2.29 bits per heavy atom. The molecule has 0 unspecified atom stereocenters. The molecule has 0 aliphatic rings. The normalized spacial score (nSPS) is 11.5. The van der Waals surface area contributed by atoms with Crippen LogP contribution < -0.4 is 9.47 Å². The highest BCUT2D eigenvalue weighted by molar-refractivity contribution is 9.10. The molecule has 4 heteroatoms. The number of aliphatic hydroxyl groups excluding tert-OH is 1. The molecule has 0 aliphatic carbocycles. The predicted molar refractivity (Wildman–Crippen MR) is 72.1 cm³/mol. The topological polar surface area (TPSA) is 38.7 Å². The van der Waals surface area contributed by atoms with Gasteiger partial charge in [-0.3, -0.25) is 0 Å². The van der Waals surface area contributed by atoms with Crippen LogP contribution in [0.2, 0.25) is 0 Å². The Morgan fingerprint density at radius 1 is 1.29 bits per heavy atom. The molecule has 1 aromatic rings. The number of halogens is 1. The van der Waals surface area contributed by atoms with Crippen molar-refractivity contribution in [3.8, 4) is 11.5 Å². The maximum atomic E-state index is 9.49. The van der Waals surface area contributed by atoms with E-state index in [0.717, 1.165) is 15.6 Å². The lowest BCUT2D eigenvalue weighted by Gasteiger charge is -2.27. The van der Waals surface area contributed by atoms with Crippen molar-refractivity contribution < 1.29 is 14.6 Å². The Labute approximate surface area is 111 Å². The fraction of sp³-hybridized carbons (Fsp3) is 0.538. The highest BCUT2D eigenvalue weighted by Crippen LogP contribution is 2.42. The minimum atomic E-state index is -0.331. The molecule has 1 aromatic carbocycles. The first-order valence-electron chi connectivity index (χ1n) is 5.41. The second-order valence-electron chi connectivity index (χ2n) is 4.64. The Morgan fingerprint density at radius 2 is 1.88 bits per heavy atom. The second-order valence-corrected chi connectivity index (χ2v) is 5.49. The number of benzene rings is 1. The Bertz CT molecular complexity index is 414. The van der Waals surface area contributed by atoms with Crippen molar-refractivity contribution in [2.45, 2.75) is 26.2 Å². The van der Waals surface area contributed by atoms with Crippen LogP contribution in [0, 0.1) is 6.92 Å². The zero-order chi connectivity index (χ0) is 13.2. The van der Waals surface area contributed by atoms with Gasteiger partial charge in [0.15, 0.2) is 11.5 Å². The third kappa shape index (κ3) is 2.58. The van der Waals surface area contributed by atoms with Crippen molar-refractivity contribution in [3.63, 3.8) is 0 Å². The first-order valence-corrected chi connectivity index (χ1v) is 6.20. The highest BCUT2D eigenvalue weighted by Gasteiger charge is 2.27. The summed E-state index contributed by atoms with van der Waals surface area (Å²) in [7, 11) is 3.23. The zero-order valence-electron chi connectivity index (χ0n) is 10.9. The first-order chi connectivity index (χ1) is 7.88. The molecule has 0 fully saturated rings. The van der Waals surface area contributed by atoms with E-state index in [9.17, 15) is 5.11 Å². The lowest BCUT2D eigenvalue weighted by Crippen LogP contribution is -2.24. The van der Waals surface area contributed by atoms with E-state index >= 15 is 0 Å². The summed E-state index contributed by atoms with van der Waals surface area (Å²) in [6.07, 6.45) is 0. The molecule has 1 N–H and O–H groups in total. The van der Waals surface area contributed by atoms with Gasteiger partial charge in [-0.05, 0) is 24.1 Å². The molecule has 0 aliphatic heterocycles. The van der Waals surface area contributed by atoms with Gasteiger partial charge in [-0.2, -0.15) is 0 Å². The molecule has 96 valence electrons. The van der Waals surface area contributed by atoms with E-state index < -0.39 is 0 Å². The summed E-state index contributed by atoms with van der Waals surface area (Å²) in [4.78, 5) is 0. The van der Waals surface area contributed by atoms with Gasteiger partial charge in [0.1, 0.15) is 0 Å². The summed E-state index contributed by atoms with van der Waals surface area (Å²) >= 11 is 3.53. The Balaban J connectivity index is 3.53. The van der Waals surface area contributed by atoms with Crippen LogP contribution in [0.25, 0.3) is 0 Å². The molecule has 0 aromatic heterocycles. The van der Waals surface area contributed by atoms with Gasteiger partial charge in [0.25, 0.3) is 0 Å². The van der Waals surface area contributed by atoms with Gasteiger partial charge in [0.2, 0.25) is 0 Å². The van der Waals surface area contributed by atoms with E-state index in [2.05, 4.69) is 15.9 Å². The van der Waals surface area contributed by atoms with Gasteiger partial charge >= 0.3 is 0 Å². The second kappa shape index (κ2) is 5.27. The minimum absolute atomic E-state index is 0.0714. The van der Waals surface area contributed by atoms with E-state index in [1.807, 2.05) is 26.8 Å². The average molecular weight is 303 g/mol. The summed E-state index contributed by atoms with van der Waals surface area (Å²) in [6, 6.07) is 1.87. The molecule has 0 radical (unpaired) electrons. The molecule has 0 saturated carbocycles. The Hall–Kier alpha value is -0.740. The van der Waals surface area contributed by atoms with Crippen molar-refractivity contribution >= 4 is 15.9 Å². The van der Waals surface area contributed by atoms with Crippen molar-refractivity contribution in [2.75, 3.05) is 20.8 Å². The molecule has 0 spiro atoms. The number of methoxy groups -OCH3 is 2. The van der Waals surface area contributed by atoms with Crippen molar-refractivity contribution in [2.24, 2.45) is 0 Å². The first kappa shape index (κ1) is 14.3. The van der Waals surface area contributed by atoms with Crippen LogP contribution in [0.15, 0.2) is 10.5 Å². The van der Waals surface area contributed by atoms with Crippen molar-refractivity contribution in [1.29, 1.82) is 0 Å². The van der Waals surface area contributed by atoms with Crippen molar-refractivity contribution in [3.05, 3.63) is 21.7 Å². The van der Waals surface area contributed by atoms with Crippen LogP contribution in [0.4, 0.5) is 0 Å². The molecular weight excluding hydrogens is 284 g/mol. The number of aliphatic hydroxyl groups is 1. The highest BCUT2D eigenvalue weighted by atomic mass is 79.9. The number of ether oxygens (including phenoxy) is 2. The lowest BCUT2D eigenvalue weighted by molar-refractivity contribution is 0.217. The van der Waals surface area contributed by atoms with Crippen molar-refractivity contribution in [1.82, 2.24) is 0 Å². The molecule has 0 atom stereocenters. The minimum Gasteiger partial charge on any atom is -0.493 e. The smallest absolute Gasteiger partial charge is 0.163 e. The fourth-order valence-corrected chi connectivity index (χ4v) is 3.09. The van der Waals surface area contributed by atoms with Crippen LogP contribution in [0.5, 0.6) is 11.5 Å². The number of hydrogen-bond acceptors (Lipinski definition) is 3. The molecule has 0 heterocycles. The molecule has 0 saturated heterocycles. The Kier molecular flexibility index (Phi) is 4.44. The number of rotatable bonds is 4. The fourth-order valence-electron chi connectivity index (χ4n) is 2.05. The maximum absolute atomic E-state index is 9.49. The van der Waals surface area contributed by atoms with Crippen LogP contribution >= 0.6 is 15.9 Å². The van der Waals surface area contributed by atoms with E-state index in [1.165, 1.54) is 0 Å². The standard InChI is InChI=1S/C13H19BrO3/c1-8-11(13(2,3)7-15)9(14)6-10(16-4)12(8)17-5/h6,15H,7H2,1-5H3. The van der Waals surface area contributed by atoms with Gasteiger partial charge in [-0.1, -0.05) is 29.8 Å². The molecule has 17 heavy (non-hydrogen) atoms. The van der Waals surface area contributed by atoms with Gasteiger partial charge in [0.05, 0.1) is 20.8 Å². The molecule has 0 bridgehead atoms. The lowest BCUT2D eigenvalue weighted by atomic mass is 9.82. The third-order valence-corrected chi connectivity index (χ3v) is 3.56. The number of hydrogen-bond donors (Lipinski definition) is 1. The van der Waals surface area contributed by atoms with Crippen LogP contribution in [0.3, 0.4) is 0 Å². The molecule has 0 amide bonds. The summed E-state index contributed by atoms with van der Waals surface area (Å²) in [5.41, 5.74) is 1.69. The van der Waals surface area contributed by atoms with Gasteiger partial charge in [-0.25, -0.2) is 0 Å². The summed E-state index contributed by atoms with van der Waals surface area (Å²) < 4.78 is 11.6. The van der Waals surface area contributed by atoms with E-state index in [-0.39, 0.29) is 12.0 Å². The monoisotopic (exact) mass is 302 g/mol. The summed E-state index contributed by atoms with van der Waals surface area (Å²) in [5, 5.41) is 9.49. The zero-order valence-corrected chi connectivity index (χ0v) is 12.5. The summed E-state index contributed by atoms with van der Waals surface area (Å²) in [5.74, 6) is 1.40.